The van der Waals surface area contributed by atoms with Gasteiger partial charge in [0, 0.05) is 32.1 Å². The standard InChI is InChI=1S/C13H21N3O4S/c1-21-7-4-10(12(18)19)14-13(20)15-5-6-16-9(8-15)2-3-11(16)17/h9-10H,2-8H2,1H3,(H,14,20)(H,18,19)/t9?,10-/m0/s1. The zero-order chi connectivity index (χ0) is 15.4. The molecule has 2 aliphatic rings. The molecule has 118 valence electrons. The number of amides is 3. The van der Waals surface area contributed by atoms with Crippen LogP contribution in [0, 0.1) is 0 Å². The summed E-state index contributed by atoms with van der Waals surface area (Å²) in [6.45, 7) is 1.49. The highest BCUT2D eigenvalue weighted by molar-refractivity contribution is 7.98. The van der Waals surface area contributed by atoms with E-state index < -0.39 is 12.0 Å². The molecular weight excluding hydrogens is 294 g/mol. The molecule has 0 aromatic carbocycles. The molecule has 0 aromatic rings. The quantitative estimate of drug-likeness (QED) is 0.757. The molecule has 0 aromatic heterocycles. The molecule has 3 amide bonds. The van der Waals surface area contributed by atoms with Crippen LogP contribution in [-0.4, -0.2) is 76.5 Å². The first-order chi connectivity index (χ1) is 10.0. The largest absolute Gasteiger partial charge is 0.480 e. The molecular formula is C13H21N3O4S. The molecule has 2 atom stereocenters. The van der Waals surface area contributed by atoms with Crippen molar-refractivity contribution in [2.75, 3.05) is 31.6 Å². The number of thioether (sulfide) groups is 1. The summed E-state index contributed by atoms with van der Waals surface area (Å²) in [6, 6.07) is -1.11. The number of aliphatic carboxylic acids is 1. The maximum atomic E-state index is 12.2. The Morgan fingerprint density at radius 1 is 1.48 bits per heavy atom. The fourth-order valence-electron chi connectivity index (χ4n) is 2.78. The number of nitrogens with zero attached hydrogens (tertiary/aromatic N) is 2. The van der Waals surface area contributed by atoms with Gasteiger partial charge in [-0.05, 0) is 24.9 Å². The highest BCUT2D eigenvalue weighted by atomic mass is 32.2. The van der Waals surface area contributed by atoms with Crippen molar-refractivity contribution in [1.82, 2.24) is 15.1 Å². The number of hydrogen-bond donors (Lipinski definition) is 2. The van der Waals surface area contributed by atoms with Gasteiger partial charge in [-0.25, -0.2) is 9.59 Å². The van der Waals surface area contributed by atoms with E-state index in [0.29, 0.717) is 38.2 Å². The first-order valence-corrected chi connectivity index (χ1v) is 8.49. The molecule has 0 bridgehead atoms. The second kappa shape index (κ2) is 7.02. The third kappa shape index (κ3) is 3.81. The van der Waals surface area contributed by atoms with Crippen LogP contribution in [0.3, 0.4) is 0 Å². The summed E-state index contributed by atoms with van der Waals surface area (Å²) in [5.74, 6) is -0.169. The average molecular weight is 315 g/mol. The number of fused-ring (bicyclic) bond motifs is 1. The number of carbonyl (C=O) groups is 3. The van der Waals surface area contributed by atoms with E-state index in [0.717, 1.165) is 6.42 Å². The second-order valence-electron chi connectivity index (χ2n) is 5.35. The van der Waals surface area contributed by atoms with Gasteiger partial charge in [0.2, 0.25) is 5.91 Å². The van der Waals surface area contributed by atoms with E-state index in [9.17, 15) is 14.4 Å². The van der Waals surface area contributed by atoms with E-state index in [1.54, 1.807) is 16.7 Å². The second-order valence-corrected chi connectivity index (χ2v) is 6.33. The number of piperazine rings is 1. The number of carboxylic acids is 1. The SMILES string of the molecule is CSCC[C@H](NC(=O)N1CCN2C(=O)CCC2C1)C(=O)O. The van der Waals surface area contributed by atoms with Crippen LogP contribution in [0.5, 0.6) is 0 Å². The van der Waals surface area contributed by atoms with Crippen molar-refractivity contribution >= 4 is 29.7 Å². The van der Waals surface area contributed by atoms with E-state index in [1.807, 2.05) is 11.2 Å². The first kappa shape index (κ1) is 15.9. The molecule has 0 aliphatic carbocycles. The number of urea groups is 1. The van der Waals surface area contributed by atoms with Crippen molar-refractivity contribution in [3.8, 4) is 0 Å². The molecule has 2 heterocycles. The summed E-state index contributed by atoms with van der Waals surface area (Å²) >= 11 is 1.55. The van der Waals surface area contributed by atoms with Crippen LogP contribution in [0.4, 0.5) is 4.79 Å². The topological polar surface area (TPSA) is 90.0 Å². The molecule has 8 heteroatoms. The molecule has 1 unspecified atom stereocenters. The molecule has 2 N–H and O–H groups in total. The monoisotopic (exact) mass is 315 g/mol. The van der Waals surface area contributed by atoms with Gasteiger partial charge < -0.3 is 20.2 Å². The normalized spacial score (nSPS) is 22.9. The molecule has 21 heavy (non-hydrogen) atoms. The van der Waals surface area contributed by atoms with Crippen LogP contribution in [0.1, 0.15) is 19.3 Å². The van der Waals surface area contributed by atoms with Gasteiger partial charge in [0.1, 0.15) is 6.04 Å². The maximum Gasteiger partial charge on any atom is 0.326 e. The Hall–Kier alpha value is -1.44. The average Bonchev–Trinajstić information content (AvgIpc) is 2.84. The van der Waals surface area contributed by atoms with Crippen molar-refractivity contribution in [3.63, 3.8) is 0 Å². The summed E-state index contributed by atoms with van der Waals surface area (Å²) in [5.41, 5.74) is 0. The van der Waals surface area contributed by atoms with Crippen molar-refractivity contribution in [3.05, 3.63) is 0 Å². The number of carbonyl (C=O) groups excluding carboxylic acids is 2. The van der Waals surface area contributed by atoms with Gasteiger partial charge >= 0.3 is 12.0 Å². The van der Waals surface area contributed by atoms with E-state index in [-0.39, 0.29) is 18.0 Å². The lowest BCUT2D eigenvalue weighted by atomic mass is 10.1. The van der Waals surface area contributed by atoms with Crippen LogP contribution in [0.2, 0.25) is 0 Å². The van der Waals surface area contributed by atoms with E-state index >= 15 is 0 Å². The number of hydrogen-bond acceptors (Lipinski definition) is 4. The number of carboxylic acid groups (broad SMARTS) is 1. The van der Waals surface area contributed by atoms with Crippen molar-refractivity contribution in [2.45, 2.75) is 31.3 Å². The molecule has 0 saturated carbocycles. The molecule has 2 rings (SSSR count). The van der Waals surface area contributed by atoms with Gasteiger partial charge in [-0.3, -0.25) is 4.79 Å². The Kier molecular flexibility index (Phi) is 5.33. The Bertz CT molecular complexity index is 432. The van der Waals surface area contributed by atoms with Crippen LogP contribution >= 0.6 is 11.8 Å². The fourth-order valence-corrected chi connectivity index (χ4v) is 3.25. The highest BCUT2D eigenvalue weighted by Gasteiger charge is 2.37. The Labute approximate surface area is 128 Å². The zero-order valence-corrected chi connectivity index (χ0v) is 12.9. The molecule has 2 fully saturated rings. The predicted octanol–water partition coefficient (Wildman–Crippen LogP) is 0.209. The fraction of sp³-hybridized carbons (Fsp3) is 0.769. The summed E-state index contributed by atoms with van der Waals surface area (Å²) in [4.78, 5) is 38.4. The predicted molar refractivity (Wildman–Crippen MR) is 79.3 cm³/mol. The molecule has 0 radical (unpaired) electrons. The van der Waals surface area contributed by atoms with Gasteiger partial charge in [-0.15, -0.1) is 0 Å². The van der Waals surface area contributed by atoms with Gasteiger partial charge in [0.15, 0.2) is 0 Å². The first-order valence-electron chi connectivity index (χ1n) is 7.09. The smallest absolute Gasteiger partial charge is 0.326 e. The van der Waals surface area contributed by atoms with Gasteiger partial charge in [0.25, 0.3) is 0 Å². The van der Waals surface area contributed by atoms with E-state index in [4.69, 9.17) is 5.11 Å². The summed E-state index contributed by atoms with van der Waals surface area (Å²) in [6.07, 6.45) is 3.63. The minimum atomic E-state index is -1.01. The van der Waals surface area contributed by atoms with Crippen LogP contribution in [-0.2, 0) is 9.59 Å². The summed E-state index contributed by atoms with van der Waals surface area (Å²) in [7, 11) is 0. The molecule has 2 saturated heterocycles. The van der Waals surface area contributed by atoms with Crippen molar-refractivity contribution in [1.29, 1.82) is 0 Å². The minimum Gasteiger partial charge on any atom is -0.480 e. The van der Waals surface area contributed by atoms with Crippen LogP contribution < -0.4 is 5.32 Å². The maximum absolute atomic E-state index is 12.2. The Balaban J connectivity index is 1.88. The third-order valence-corrected chi connectivity index (χ3v) is 4.63. The van der Waals surface area contributed by atoms with E-state index in [2.05, 4.69) is 5.32 Å². The van der Waals surface area contributed by atoms with Crippen molar-refractivity contribution in [2.24, 2.45) is 0 Å². The summed E-state index contributed by atoms with van der Waals surface area (Å²) < 4.78 is 0. The number of nitrogens with one attached hydrogen (secondary N) is 1. The zero-order valence-electron chi connectivity index (χ0n) is 12.1. The van der Waals surface area contributed by atoms with E-state index in [1.165, 1.54) is 0 Å². The Morgan fingerprint density at radius 3 is 2.90 bits per heavy atom. The van der Waals surface area contributed by atoms with Gasteiger partial charge in [-0.1, -0.05) is 0 Å². The van der Waals surface area contributed by atoms with Crippen molar-refractivity contribution < 1.29 is 19.5 Å². The van der Waals surface area contributed by atoms with Gasteiger partial charge in [-0.2, -0.15) is 11.8 Å². The molecule has 2 aliphatic heterocycles. The Morgan fingerprint density at radius 2 is 2.24 bits per heavy atom. The van der Waals surface area contributed by atoms with Crippen LogP contribution in [0.25, 0.3) is 0 Å². The molecule has 0 spiro atoms. The lowest BCUT2D eigenvalue weighted by molar-refractivity contribution is -0.139. The lowest BCUT2D eigenvalue weighted by Crippen LogP contribution is -2.57. The highest BCUT2D eigenvalue weighted by Crippen LogP contribution is 2.22. The van der Waals surface area contributed by atoms with Crippen LogP contribution in [0.15, 0.2) is 0 Å². The minimum absolute atomic E-state index is 0.0893. The molecule has 7 nitrogen and oxygen atoms in total. The lowest BCUT2D eigenvalue weighted by Gasteiger charge is -2.37. The number of rotatable bonds is 5. The summed E-state index contributed by atoms with van der Waals surface area (Å²) in [5, 5.41) is 11.7. The third-order valence-electron chi connectivity index (χ3n) is 3.99. The van der Waals surface area contributed by atoms with Gasteiger partial charge in [0.05, 0.1) is 0 Å².